The molecule has 0 aliphatic carbocycles. The van der Waals surface area contributed by atoms with Crippen molar-refractivity contribution in [3.63, 3.8) is 0 Å². The third-order valence-electron chi connectivity index (χ3n) is 6.05. The van der Waals surface area contributed by atoms with Crippen LogP contribution in [0.15, 0.2) is 65.6 Å². The lowest BCUT2D eigenvalue weighted by atomic mass is 9.98. The zero-order chi connectivity index (χ0) is 24.2. The highest BCUT2D eigenvalue weighted by Gasteiger charge is 2.47. The number of Topliss-reactive ketones (excluding diaryl/α,β-unsaturated/α-hetero) is 1. The molecule has 1 aromatic heterocycles. The second-order valence-corrected chi connectivity index (χ2v) is 9.50. The molecule has 1 aliphatic rings. The second kappa shape index (κ2) is 10.3. The highest BCUT2D eigenvalue weighted by molar-refractivity contribution is 7.10. The molecular formula is C28H29NO4S. The maximum atomic E-state index is 13.2. The van der Waals surface area contributed by atoms with Gasteiger partial charge in [-0.3, -0.25) is 14.5 Å². The zero-order valence-electron chi connectivity index (χ0n) is 19.7. The lowest BCUT2D eigenvalue weighted by molar-refractivity contribution is -0.132. The number of aliphatic hydroxyl groups is 1. The van der Waals surface area contributed by atoms with Crippen molar-refractivity contribution in [3.05, 3.63) is 87.1 Å². The van der Waals surface area contributed by atoms with Crippen LogP contribution >= 0.6 is 11.3 Å². The number of aryl methyl sites for hydroxylation is 2. The summed E-state index contributed by atoms with van der Waals surface area (Å²) in [5.74, 6) is -0.795. The van der Waals surface area contributed by atoms with Gasteiger partial charge in [0.05, 0.1) is 12.2 Å². The molecule has 4 rings (SSSR count). The van der Waals surface area contributed by atoms with Gasteiger partial charge in [-0.2, -0.15) is 0 Å². The first-order valence-corrected chi connectivity index (χ1v) is 12.4. The van der Waals surface area contributed by atoms with E-state index in [2.05, 4.69) is 6.92 Å². The number of hydrogen-bond donors (Lipinski definition) is 1. The molecule has 2 heterocycles. The van der Waals surface area contributed by atoms with E-state index in [-0.39, 0.29) is 11.3 Å². The van der Waals surface area contributed by atoms with E-state index in [1.54, 1.807) is 24.3 Å². The minimum Gasteiger partial charge on any atom is -0.507 e. The van der Waals surface area contributed by atoms with Gasteiger partial charge in [-0.05, 0) is 73.7 Å². The second-order valence-electron chi connectivity index (χ2n) is 8.55. The predicted molar refractivity (Wildman–Crippen MR) is 136 cm³/mol. The third-order valence-corrected chi connectivity index (χ3v) is 7.12. The van der Waals surface area contributed by atoms with Crippen molar-refractivity contribution in [1.82, 2.24) is 0 Å². The van der Waals surface area contributed by atoms with Crippen LogP contribution in [0.4, 0.5) is 5.69 Å². The van der Waals surface area contributed by atoms with Gasteiger partial charge in [0.25, 0.3) is 11.7 Å². The van der Waals surface area contributed by atoms with Crippen molar-refractivity contribution < 1.29 is 19.4 Å². The van der Waals surface area contributed by atoms with Crippen LogP contribution in [0, 0.1) is 13.8 Å². The van der Waals surface area contributed by atoms with Crippen molar-refractivity contribution in [3.8, 4) is 5.75 Å². The Morgan fingerprint density at radius 3 is 2.32 bits per heavy atom. The highest BCUT2D eigenvalue weighted by atomic mass is 32.1. The summed E-state index contributed by atoms with van der Waals surface area (Å²) < 4.78 is 5.76. The number of carbonyl (C=O) groups excluding carboxylic acids is 2. The first-order valence-electron chi connectivity index (χ1n) is 11.6. The first kappa shape index (κ1) is 23.8. The monoisotopic (exact) mass is 475 g/mol. The number of aliphatic hydroxyl groups excluding tert-OH is 1. The molecule has 2 aromatic carbocycles. The lowest BCUT2D eigenvalue weighted by Gasteiger charge is -2.25. The SMILES string of the molecule is CCCCCOc1ccc(/C(O)=C2/C(=O)C(=O)N(c3ccc(C)cc3)C2c2sccc2C)cc1. The molecule has 1 atom stereocenters. The molecule has 1 unspecified atom stereocenters. The van der Waals surface area contributed by atoms with Gasteiger partial charge >= 0.3 is 0 Å². The Morgan fingerprint density at radius 2 is 1.71 bits per heavy atom. The quantitative estimate of drug-likeness (QED) is 0.173. The molecule has 5 nitrogen and oxygen atoms in total. The molecule has 1 fully saturated rings. The number of benzene rings is 2. The standard InChI is InChI=1S/C28H29NO4S/c1-4-5-6-16-33-22-13-9-20(10-14-22)25(30)23-24(27-19(3)15-17-34-27)29(28(32)26(23)31)21-11-7-18(2)8-12-21/h7-15,17,24,30H,4-6,16H2,1-3H3/b25-23-. The molecule has 1 N–H and O–H groups in total. The number of hydrogen-bond acceptors (Lipinski definition) is 5. The van der Waals surface area contributed by atoms with Crippen molar-refractivity contribution in [2.24, 2.45) is 0 Å². The van der Waals surface area contributed by atoms with Crippen LogP contribution in [-0.2, 0) is 9.59 Å². The van der Waals surface area contributed by atoms with Crippen LogP contribution in [-0.4, -0.2) is 23.4 Å². The van der Waals surface area contributed by atoms with Crippen molar-refractivity contribution in [2.45, 2.75) is 46.1 Å². The summed E-state index contributed by atoms with van der Waals surface area (Å²) in [5, 5.41) is 13.2. The molecule has 1 saturated heterocycles. The molecule has 1 amide bonds. The number of nitrogens with zero attached hydrogens (tertiary/aromatic N) is 1. The molecule has 0 spiro atoms. The van der Waals surface area contributed by atoms with Crippen molar-refractivity contribution in [2.75, 3.05) is 11.5 Å². The predicted octanol–water partition coefficient (Wildman–Crippen LogP) is 6.56. The first-order chi connectivity index (χ1) is 16.4. The molecule has 1 aliphatic heterocycles. The molecule has 176 valence electrons. The molecular weight excluding hydrogens is 446 g/mol. The summed E-state index contributed by atoms with van der Waals surface area (Å²) in [6, 6.07) is 15.8. The summed E-state index contributed by atoms with van der Waals surface area (Å²) in [6.45, 7) is 6.70. The number of amides is 1. The maximum absolute atomic E-state index is 13.2. The minimum absolute atomic E-state index is 0.104. The fraction of sp³-hybridized carbons (Fsp3) is 0.286. The number of ether oxygens (including phenoxy) is 1. The fourth-order valence-electron chi connectivity index (χ4n) is 4.12. The van der Waals surface area contributed by atoms with Gasteiger partial charge in [-0.25, -0.2) is 0 Å². The van der Waals surface area contributed by atoms with E-state index in [0.29, 0.717) is 23.6 Å². The van der Waals surface area contributed by atoms with Gasteiger partial charge in [-0.15, -0.1) is 11.3 Å². The number of anilines is 1. The van der Waals surface area contributed by atoms with Crippen LogP contribution in [0.25, 0.3) is 5.76 Å². The number of rotatable bonds is 8. The zero-order valence-corrected chi connectivity index (χ0v) is 20.5. The number of thiophene rings is 1. The molecule has 34 heavy (non-hydrogen) atoms. The Hall–Kier alpha value is -3.38. The lowest BCUT2D eigenvalue weighted by Crippen LogP contribution is -2.29. The summed E-state index contributed by atoms with van der Waals surface area (Å²) in [4.78, 5) is 28.8. The van der Waals surface area contributed by atoms with E-state index < -0.39 is 17.7 Å². The van der Waals surface area contributed by atoms with E-state index in [9.17, 15) is 14.7 Å². The molecule has 0 saturated carbocycles. The third kappa shape index (κ3) is 4.64. The smallest absolute Gasteiger partial charge is 0.300 e. The van der Waals surface area contributed by atoms with Crippen LogP contribution in [0.3, 0.4) is 0 Å². The Kier molecular flexibility index (Phi) is 7.17. The molecule has 0 bridgehead atoms. The summed E-state index contributed by atoms with van der Waals surface area (Å²) in [5.41, 5.74) is 3.23. The summed E-state index contributed by atoms with van der Waals surface area (Å²) in [6.07, 6.45) is 3.23. The largest absolute Gasteiger partial charge is 0.507 e. The minimum atomic E-state index is -0.687. The van der Waals surface area contributed by atoms with E-state index in [4.69, 9.17) is 4.74 Å². The van der Waals surface area contributed by atoms with E-state index in [1.807, 2.05) is 49.6 Å². The van der Waals surface area contributed by atoms with Gasteiger partial charge in [0.15, 0.2) is 0 Å². The van der Waals surface area contributed by atoms with Crippen LogP contribution < -0.4 is 9.64 Å². The normalized spacial score (nSPS) is 17.4. The van der Waals surface area contributed by atoms with Gasteiger partial charge < -0.3 is 9.84 Å². The molecule has 3 aromatic rings. The van der Waals surface area contributed by atoms with Crippen LogP contribution in [0.2, 0.25) is 0 Å². The van der Waals surface area contributed by atoms with Crippen LogP contribution in [0.1, 0.15) is 53.8 Å². The average Bonchev–Trinajstić information content (AvgIpc) is 3.37. The summed E-state index contributed by atoms with van der Waals surface area (Å²) >= 11 is 1.47. The van der Waals surface area contributed by atoms with Crippen LogP contribution in [0.5, 0.6) is 5.75 Å². The van der Waals surface area contributed by atoms with Crippen molar-refractivity contribution >= 4 is 34.5 Å². The Balaban J connectivity index is 1.74. The Bertz CT molecular complexity index is 1210. The van der Waals surface area contributed by atoms with Gasteiger partial charge in [0.2, 0.25) is 0 Å². The fourth-order valence-corrected chi connectivity index (χ4v) is 5.15. The average molecular weight is 476 g/mol. The number of ketones is 1. The van der Waals surface area contributed by atoms with Gasteiger partial charge in [-0.1, -0.05) is 37.5 Å². The Labute approximate surface area is 204 Å². The highest BCUT2D eigenvalue weighted by Crippen LogP contribution is 2.44. The van der Waals surface area contributed by atoms with E-state index >= 15 is 0 Å². The number of carbonyl (C=O) groups is 2. The topological polar surface area (TPSA) is 66.8 Å². The maximum Gasteiger partial charge on any atom is 0.300 e. The molecule has 0 radical (unpaired) electrons. The van der Waals surface area contributed by atoms with Gasteiger partial charge in [0.1, 0.15) is 17.6 Å². The Morgan fingerprint density at radius 1 is 1.00 bits per heavy atom. The van der Waals surface area contributed by atoms with E-state index in [1.165, 1.54) is 16.2 Å². The summed E-state index contributed by atoms with van der Waals surface area (Å²) in [7, 11) is 0. The molecule has 6 heteroatoms. The van der Waals surface area contributed by atoms with Gasteiger partial charge in [0, 0.05) is 16.1 Å². The van der Waals surface area contributed by atoms with Crippen molar-refractivity contribution in [1.29, 1.82) is 0 Å². The van der Waals surface area contributed by atoms with E-state index in [0.717, 1.165) is 35.3 Å². The number of unbranched alkanes of at least 4 members (excludes halogenated alkanes) is 2.